The summed E-state index contributed by atoms with van der Waals surface area (Å²) in [6.07, 6.45) is 7.27. The van der Waals surface area contributed by atoms with Gasteiger partial charge >= 0.3 is 0 Å². The average Bonchev–Trinajstić information content (AvgIpc) is 2.34. The van der Waals surface area contributed by atoms with Gasteiger partial charge in [-0.05, 0) is 38.5 Å². The number of hydrogen-bond acceptors (Lipinski definition) is 4. The van der Waals surface area contributed by atoms with Gasteiger partial charge in [-0.15, -0.1) is 0 Å². The first-order chi connectivity index (χ1) is 8.80. The number of methoxy groups -OCH3 is 1. The van der Waals surface area contributed by atoms with Crippen LogP contribution < -0.4 is 5.32 Å². The average molecular weight is 255 g/mol. The molecule has 0 aromatic heterocycles. The maximum Gasteiger partial charge on any atom is 0.0741 e. The fraction of sp³-hybridized carbons (Fsp3) is 1.00. The summed E-state index contributed by atoms with van der Waals surface area (Å²) in [5.74, 6) is 0. The van der Waals surface area contributed by atoms with Crippen molar-refractivity contribution in [3.8, 4) is 0 Å². The van der Waals surface area contributed by atoms with Gasteiger partial charge in [-0.25, -0.2) is 0 Å². The monoisotopic (exact) mass is 255 g/mol. The van der Waals surface area contributed by atoms with Gasteiger partial charge in [-0.1, -0.05) is 0 Å². The summed E-state index contributed by atoms with van der Waals surface area (Å²) >= 11 is 0. The van der Waals surface area contributed by atoms with Crippen molar-refractivity contribution in [3.05, 3.63) is 0 Å². The van der Waals surface area contributed by atoms with Gasteiger partial charge in [0.2, 0.25) is 0 Å². The number of nitrogens with one attached hydrogen (secondary N) is 1. The lowest BCUT2D eigenvalue weighted by molar-refractivity contribution is -0.142. The van der Waals surface area contributed by atoms with Crippen molar-refractivity contribution in [1.29, 1.82) is 0 Å². The van der Waals surface area contributed by atoms with Gasteiger partial charge in [0, 0.05) is 39.0 Å². The molecule has 1 spiro atoms. The third kappa shape index (κ3) is 2.72. The molecule has 0 aromatic rings. The first kappa shape index (κ1) is 12.9. The van der Waals surface area contributed by atoms with E-state index in [2.05, 4.69) is 5.32 Å². The molecule has 1 atom stereocenters. The van der Waals surface area contributed by atoms with E-state index in [4.69, 9.17) is 14.2 Å². The number of ether oxygens (including phenoxy) is 3. The van der Waals surface area contributed by atoms with Gasteiger partial charge < -0.3 is 19.5 Å². The molecule has 0 aromatic carbocycles. The Morgan fingerprint density at radius 3 is 2.61 bits per heavy atom. The Hall–Kier alpha value is -0.160. The minimum absolute atomic E-state index is 0.110. The van der Waals surface area contributed by atoms with Crippen LogP contribution in [-0.2, 0) is 14.2 Å². The molecule has 2 aliphatic heterocycles. The molecule has 18 heavy (non-hydrogen) atoms. The molecule has 0 bridgehead atoms. The van der Waals surface area contributed by atoms with Crippen molar-refractivity contribution in [2.75, 3.05) is 26.9 Å². The van der Waals surface area contributed by atoms with Crippen molar-refractivity contribution in [3.63, 3.8) is 0 Å². The maximum atomic E-state index is 6.07. The second kappa shape index (κ2) is 5.45. The summed E-state index contributed by atoms with van der Waals surface area (Å²) in [6.45, 7) is 2.63. The van der Waals surface area contributed by atoms with E-state index in [1.54, 1.807) is 0 Å². The van der Waals surface area contributed by atoms with Crippen LogP contribution >= 0.6 is 0 Å². The van der Waals surface area contributed by atoms with Gasteiger partial charge in [0.15, 0.2) is 0 Å². The predicted octanol–water partition coefficient (Wildman–Crippen LogP) is 1.48. The quantitative estimate of drug-likeness (QED) is 0.829. The molecule has 2 heterocycles. The standard InChI is InChI=1S/C14H25NO3/c1-16-13-8-12(9-13)15-11-2-5-18-14(10-11)3-6-17-7-4-14/h11-13,15H,2-10H2,1H3. The second-order valence-corrected chi connectivity index (χ2v) is 6.03. The van der Waals surface area contributed by atoms with E-state index in [0.29, 0.717) is 18.2 Å². The highest BCUT2D eigenvalue weighted by molar-refractivity contribution is 4.95. The second-order valence-electron chi connectivity index (χ2n) is 6.03. The van der Waals surface area contributed by atoms with E-state index in [1.165, 1.54) is 12.8 Å². The maximum absolute atomic E-state index is 6.07. The van der Waals surface area contributed by atoms with Crippen LogP contribution in [0.5, 0.6) is 0 Å². The zero-order valence-electron chi connectivity index (χ0n) is 11.3. The lowest BCUT2D eigenvalue weighted by Gasteiger charge is -2.46. The van der Waals surface area contributed by atoms with Gasteiger partial charge in [0.05, 0.1) is 11.7 Å². The molecule has 0 radical (unpaired) electrons. The summed E-state index contributed by atoms with van der Waals surface area (Å²) in [7, 11) is 1.81. The SMILES string of the molecule is COC1CC(NC2CCOC3(CCOCC3)C2)C1. The summed E-state index contributed by atoms with van der Waals surface area (Å²) in [4.78, 5) is 0. The highest BCUT2D eigenvalue weighted by atomic mass is 16.5. The first-order valence-electron chi connectivity index (χ1n) is 7.30. The van der Waals surface area contributed by atoms with E-state index in [1.807, 2.05) is 7.11 Å². The molecule has 104 valence electrons. The highest BCUT2D eigenvalue weighted by Gasteiger charge is 2.40. The summed E-state index contributed by atoms with van der Waals surface area (Å²) in [6, 6.07) is 1.29. The smallest absolute Gasteiger partial charge is 0.0741 e. The van der Waals surface area contributed by atoms with E-state index in [-0.39, 0.29) is 5.60 Å². The number of hydrogen-bond donors (Lipinski definition) is 1. The van der Waals surface area contributed by atoms with Gasteiger partial charge in [-0.3, -0.25) is 0 Å². The Kier molecular flexibility index (Phi) is 3.89. The van der Waals surface area contributed by atoms with Crippen LogP contribution in [0, 0.1) is 0 Å². The van der Waals surface area contributed by atoms with E-state index in [0.717, 1.165) is 45.5 Å². The van der Waals surface area contributed by atoms with Crippen LogP contribution in [0.1, 0.15) is 38.5 Å². The van der Waals surface area contributed by atoms with Crippen molar-refractivity contribution in [1.82, 2.24) is 5.32 Å². The summed E-state index contributed by atoms with van der Waals surface area (Å²) in [5, 5.41) is 3.79. The molecule has 1 N–H and O–H groups in total. The molecule has 3 fully saturated rings. The lowest BCUT2D eigenvalue weighted by Crippen LogP contribution is -2.55. The topological polar surface area (TPSA) is 39.7 Å². The Morgan fingerprint density at radius 1 is 1.11 bits per heavy atom. The predicted molar refractivity (Wildman–Crippen MR) is 68.7 cm³/mol. The van der Waals surface area contributed by atoms with Crippen LogP contribution in [0.25, 0.3) is 0 Å². The molecule has 1 saturated carbocycles. The van der Waals surface area contributed by atoms with Gasteiger partial charge in [-0.2, -0.15) is 0 Å². The van der Waals surface area contributed by atoms with Crippen LogP contribution in [-0.4, -0.2) is 50.7 Å². The molecule has 1 unspecified atom stereocenters. The molecule has 1 aliphatic carbocycles. The van der Waals surface area contributed by atoms with Crippen LogP contribution in [0.15, 0.2) is 0 Å². The Morgan fingerprint density at radius 2 is 1.89 bits per heavy atom. The van der Waals surface area contributed by atoms with Crippen LogP contribution in [0.4, 0.5) is 0 Å². The molecule has 3 rings (SSSR count). The normalized spacial score (nSPS) is 39.5. The van der Waals surface area contributed by atoms with Crippen LogP contribution in [0.2, 0.25) is 0 Å². The molecule has 4 heteroatoms. The van der Waals surface area contributed by atoms with E-state index < -0.39 is 0 Å². The Balaban J connectivity index is 1.48. The van der Waals surface area contributed by atoms with Gasteiger partial charge in [0.1, 0.15) is 0 Å². The van der Waals surface area contributed by atoms with Crippen molar-refractivity contribution >= 4 is 0 Å². The molecule has 4 nitrogen and oxygen atoms in total. The highest BCUT2D eigenvalue weighted by Crippen LogP contribution is 2.35. The third-order valence-corrected chi connectivity index (χ3v) is 4.80. The summed E-state index contributed by atoms with van der Waals surface area (Å²) in [5.41, 5.74) is 0.110. The van der Waals surface area contributed by atoms with Crippen molar-refractivity contribution in [2.24, 2.45) is 0 Å². The molecular formula is C14H25NO3. The molecular weight excluding hydrogens is 230 g/mol. The molecule has 2 saturated heterocycles. The zero-order chi connectivity index (χ0) is 12.4. The minimum Gasteiger partial charge on any atom is -0.381 e. The molecule has 3 aliphatic rings. The lowest BCUT2D eigenvalue weighted by atomic mass is 9.82. The fourth-order valence-electron chi connectivity index (χ4n) is 3.49. The minimum atomic E-state index is 0.110. The van der Waals surface area contributed by atoms with E-state index >= 15 is 0 Å². The third-order valence-electron chi connectivity index (χ3n) is 4.80. The fourth-order valence-corrected chi connectivity index (χ4v) is 3.49. The Bertz CT molecular complexity index is 267. The largest absolute Gasteiger partial charge is 0.381 e. The van der Waals surface area contributed by atoms with Gasteiger partial charge in [0.25, 0.3) is 0 Å². The first-order valence-corrected chi connectivity index (χ1v) is 7.30. The summed E-state index contributed by atoms with van der Waals surface area (Å²) < 4.78 is 16.9. The van der Waals surface area contributed by atoms with Crippen LogP contribution in [0.3, 0.4) is 0 Å². The van der Waals surface area contributed by atoms with Crippen molar-refractivity contribution in [2.45, 2.75) is 62.3 Å². The van der Waals surface area contributed by atoms with E-state index in [9.17, 15) is 0 Å². The Labute approximate surface area is 109 Å². The molecule has 0 amide bonds. The number of rotatable bonds is 3. The van der Waals surface area contributed by atoms with Crippen molar-refractivity contribution < 1.29 is 14.2 Å². The zero-order valence-corrected chi connectivity index (χ0v) is 11.3.